The zero-order valence-corrected chi connectivity index (χ0v) is 19.9. The number of thiazole rings is 1. The number of alkyl halides is 1. The normalized spacial score (nSPS) is 26.4. The number of rotatable bonds is 8. The number of aromatic nitrogens is 1. The van der Waals surface area contributed by atoms with Gasteiger partial charge in [0.2, 0.25) is 0 Å². The summed E-state index contributed by atoms with van der Waals surface area (Å²) in [7, 11) is 1.45. The second-order valence-corrected chi connectivity index (χ2v) is 10.8. The lowest BCUT2D eigenvalue weighted by Crippen LogP contribution is -2.38. The first kappa shape index (κ1) is 21.5. The first-order chi connectivity index (χ1) is 15.1. The number of fused-ring (bicyclic) bond motifs is 3. The Kier molecular flexibility index (Phi) is 6.15. The monoisotopic (exact) mass is 462 g/mol. The average Bonchev–Trinajstić information content (AvgIpc) is 3.45. The Morgan fingerprint density at radius 1 is 1.35 bits per heavy atom. The minimum atomic E-state index is -0.263. The van der Waals surface area contributed by atoms with Gasteiger partial charge in [0.1, 0.15) is 0 Å². The van der Waals surface area contributed by atoms with Gasteiger partial charge in [-0.25, -0.2) is 9.78 Å². The minimum absolute atomic E-state index is 0.263. The van der Waals surface area contributed by atoms with Gasteiger partial charge in [0, 0.05) is 31.0 Å². The molecule has 1 aliphatic heterocycles. The van der Waals surface area contributed by atoms with Crippen LogP contribution >= 0.6 is 22.9 Å². The summed E-state index contributed by atoms with van der Waals surface area (Å²) in [6, 6.07) is 4.49. The maximum atomic E-state index is 12.2. The van der Waals surface area contributed by atoms with Crippen molar-refractivity contribution in [2.75, 3.05) is 31.0 Å². The Morgan fingerprint density at radius 3 is 2.84 bits per heavy atom. The quantitative estimate of drug-likeness (QED) is 0.377. The maximum absolute atomic E-state index is 12.2. The number of piperidine rings is 1. The zero-order chi connectivity index (χ0) is 21.5. The molecular weight excluding hydrogens is 432 g/mol. The third kappa shape index (κ3) is 4.07. The van der Waals surface area contributed by atoms with E-state index in [-0.39, 0.29) is 5.97 Å². The summed E-state index contributed by atoms with van der Waals surface area (Å²) in [5.74, 6) is 2.05. The molecule has 2 heterocycles. The van der Waals surface area contributed by atoms with E-state index in [4.69, 9.17) is 26.1 Å². The molecule has 1 aromatic carbocycles. The zero-order valence-electron chi connectivity index (χ0n) is 18.3. The van der Waals surface area contributed by atoms with Gasteiger partial charge in [-0.05, 0) is 61.6 Å². The summed E-state index contributed by atoms with van der Waals surface area (Å²) < 4.78 is 12.3. The Morgan fingerprint density at radius 2 is 2.19 bits per heavy atom. The number of halogens is 1. The van der Waals surface area contributed by atoms with Gasteiger partial charge in [-0.1, -0.05) is 24.7 Å². The summed E-state index contributed by atoms with van der Waals surface area (Å²) in [5.41, 5.74) is 2.96. The van der Waals surface area contributed by atoms with Gasteiger partial charge in [-0.2, -0.15) is 0 Å². The van der Waals surface area contributed by atoms with Crippen molar-refractivity contribution >= 4 is 44.3 Å². The molecule has 0 amide bonds. The van der Waals surface area contributed by atoms with Crippen molar-refractivity contribution in [2.24, 2.45) is 11.8 Å². The Labute approximate surface area is 193 Å². The molecule has 2 aliphatic carbocycles. The minimum Gasteiger partial charge on any atom is -0.465 e. The number of benzene rings is 1. The molecule has 4 atom stereocenters. The third-order valence-electron chi connectivity index (χ3n) is 7.41. The van der Waals surface area contributed by atoms with Crippen LogP contribution in [0.5, 0.6) is 0 Å². The highest BCUT2D eigenvalue weighted by atomic mass is 35.5. The molecule has 0 unspecified atom stereocenters. The summed E-state index contributed by atoms with van der Waals surface area (Å²) in [5, 5.41) is 1.10. The molecule has 2 saturated carbocycles. The van der Waals surface area contributed by atoms with Gasteiger partial charge in [0.25, 0.3) is 0 Å². The number of esters is 1. The third-order valence-corrected chi connectivity index (χ3v) is 8.97. The summed E-state index contributed by atoms with van der Waals surface area (Å²) in [6.45, 7) is 4.00. The molecule has 168 valence electrons. The smallest absolute Gasteiger partial charge is 0.337 e. The number of ether oxygens (including phenoxy) is 2. The molecule has 0 spiro atoms. The van der Waals surface area contributed by atoms with Crippen LogP contribution in [0.4, 0.5) is 5.13 Å². The van der Waals surface area contributed by atoms with E-state index in [1.54, 1.807) is 11.3 Å². The van der Waals surface area contributed by atoms with E-state index in [9.17, 15) is 4.79 Å². The fourth-order valence-electron chi connectivity index (χ4n) is 5.28. The van der Waals surface area contributed by atoms with Crippen LogP contribution in [0.3, 0.4) is 0 Å². The van der Waals surface area contributed by atoms with E-state index >= 15 is 0 Å². The summed E-state index contributed by atoms with van der Waals surface area (Å²) in [6.07, 6.45) is 7.30. The van der Waals surface area contributed by atoms with E-state index in [1.807, 2.05) is 12.1 Å². The lowest BCUT2D eigenvalue weighted by Gasteiger charge is -2.31. The number of anilines is 1. The second-order valence-electron chi connectivity index (χ2n) is 9.52. The second kappa shape index (κ2) is 8.87. The van der Waals surface area contributed by atoms with Gasteiger partial charge in [-0.15, -0.1) is 11.6 Å². The first-order valence-electron chi connectivity index (χ1n) is 11.5. The van der Waals surface area contributed by atoms with Crippen LogP contribution in [-0.2, 0) is 9.47 Å². The van der Waals surface area contributed by atoms with Crippen molar-refractivity contribution in [3.63, 3.8) is 0 Å². The van der Waals surface area contributed by atoms with Crippen LogP contribution in [0, 0.1) is 11.8 Å². The molecular formula is C24H31ClN2O3S. The Balaban J connectivity index is 1.33. The highest BCUT2D eigenvalue weighted by Crippen LogP contribution is 2.46. The molecule has 0 N–H and O–H groups in total. The molecule has 3 fully saturated rings. The number of hydrogen-bond donors (Lipinski definition) is 0. The molecule has 0 radical (unpaired) electrons. The lowest BCUT2D eigenvalue weighted by molar-refractivity contribution is 0.0191. The molecule has 2 aromatic rings. The first-order valence-corrected chi connectivity index (χ1v) is 12.9. The number of hydrogen-bond acceptors (Lipinski definition) is 6. The SMILES string of the molecule is COC(=O)c1cc(C2CCC2)c2nc(N3C[C@H]4C[C@@H]3C[C@@H]4OCC[C@@H](C)CCl)sc2c1. The highest BCUT2D eigenvalue weighted by Gasteiger charge is 2.46. The van der Waals surface area contributed by atoms with Gasteiger partial charge in [-0.3, -0.25) is 0 Å². The standard InChI is InChI=1S/C24H31ClN2O3S/c1-14(12-25)6-7-30-20-11-18-8-17(20)13-27(18)24-26-22-19(15-4-3-5-15)9-16(23(28)29-2)10-21(22)31-24/h9-10,14-15,17-18,20H,3-8,11-13H2,1-2H3/t14-,17-,18-,20+/m1/s1. The van der Waals surface area contributed by atoms with Crippen molar-refractivity contribution in [3.05, 3.63) is 23.3 Å². The van der Waals surface area contributed by atoms with Crippen molar-refractivity contribution < 1.29 is 14.3 Å². The topological polar surface area (TPSA) is 51.7 Å². The fraction of sp³-hybridized carbons (Fsp3) is 0.667. The molecule has 3 aliphatic rings. The van der Waals surface area contributed by atoms with Gasteiger partial charge in [0.05, 0.1) is 29.0 Å². The molecule has 2 bridgehead atoms. The molecule has 31 heavy (non-hydrogen) atoms. The predicted molar refractivity (Wildman–Crippen MR) is 126 cm³/mol. The molecule has 1 aromatic heterocycles. The van der Waals surface area contributed by atoms with E-state index in [0.717, 1.165) is 41.3 Å². The lowest BCUT2D eigenvalue weighted by atomic mass is 9.79. The van der Waals surface area contributed by atoms with Gasteiger partial charge >= 0.3 is 5.97 Å². The summed E-state index contributed by atoms with van der Waals surface area (Å²) in [4.78, 5) is 19.8. The van der Waals surface area contributed by atoms with Crippen molar-refractivity contribution in [1.82, 2.24) is 4.98 Å². The molecule has 5 rings (SSSR count). The van der Waals surface area contributed by atoms with Crippen LogP contribution in [0.2, 0.25) is 0 Å². The van der Waals surface area contributed by atoms with Crippen LogP contribution in [0.15, 0.2) is 12.1 Å². The number of nitrogens with zero attached hydrogens (tertiary/aromatic N) is 2. The molecule has 5 nitrogen and oxygen atoms in total. The van der Waals surface area contributed by atoms with Crippen molar-refractivity contribution in [1.29, 1.82) is 0 Å². The number of carbonyl (C=O) groups excluding carboxylic acids is 1. The summed E-state index contributed by atoms with van der Waals surface area (Å²) >= 11 is 7.64. The average molecular weight is 463 g/mol. The van der Waals surface area contributed by atoms with E-state index in [1.165, 1.54) is 38.4 Å². The van der Waals surface area contributed by atoms with Crippen molar-refractivity contribution in [2.45, 2.75) is 63.5 Å². The van der Waals surface area contributed by atoms with Crippen LogP contribution in [-0.4, -0.2) is 49.2 Å². The number of carbonyl (C=O) groups is 1. The molecule has 7 heteroatoms. The Hall–Kier alpha value is -1.37. The van der Waals surface area contributed by atoms with Crippen LogP contribution < -0.4 is 4.90 Å². The van der Waals surface area contributed by atoms with Crippen LogP contribution in [0.25, 0.3) is 10.2 Å². The van der Waals surface area contributed by atoms with Crippen LogP contribution in [0.1, 0.15) is 67.3 Å². The van der Waals surface area contributed by atoms with E-state index in [2.05, 4.69) is 11.8 Å². The fourth-order valence-corrected chi connectivity index (χ4v) is 6.55. The van der Waals surface area contributed by atoms with Gasteiger partial charge in [0.15, 0.2) is 5.13 Å². The Bertz CT molecular complexity index is 960. The van der Waals surface area contributed by atoms with Crippen molar-refractivity contribution in [3.8, 4) is 0 Å². The maximum Gasteiger partial charge on any atom is 0.337 e. The van der Waals surface area contributed by atoms with E-state index in [0.29, 0.717) is 41.3 Å². The van der Waals surface area contributed by atoms with E-state index < -0.39 is 0 Å². The predicted octanol–water partition coefficient (Wildman–Crippen LogP) is 5.60. The highest BCUT2D eigenvalue weighted by molar-refractivity contribution is 7.22. The largest absolute Gasteiger partial charge is 0.465 e. The van der Waals surface area contributed by atoms with Gasteiger partial charge < -0.3 is 14.4 Å². The molecule has 1 saturated heterocycles. The number of methoxy groups -OCH3 is 1.